The molecule has 1 heteroatoms. The molecule has 4 unspecified atom stereocenters. The highest BCUT2D eigenvalue weighted by atomic mass is 127. The number of rotatable bonds is 12. The smallest absolute Gasteiger partial charge is 0.000209 e. The van der Waals surface area contributed by atoms with E-state index in [0.29, 0.717) is 0 Å². The topological polar surface area (TPSA) is 0 Å². The Hall–Kier alpha value is 0.730. The second-order valence-electron chi connectivity index (χ2n) is 7.60. The summed E-state index contributed by atoms with van der Waals surface area (Å²) in [6.45, 7) is 14.4. The van der Waals surface area contributed by atoms with Crippen molar-refractivity contribution in [3.05, 3.63) is 0 Å². The summed E-state index contributed by atoms with van der Waals surface area (Å²) >= 11 is 2.56. The van der Waals surface area contributed by atoms with E-state index in [1.54, 1.807) is 0 Å². The molecule has 0 bridgehead atoms. The Kier molecular flexibility index (Phi) is 12.7. The third kappa shape index (κ3) is 10.5. The van der Waals surface area contributed by atoms with Crippen LogP contribution in [0.4, 0.5) is 0 Å². The first-order chi connectivity index (χ1) is 9.40. The van der Waals surface area contributed by atoms with E-state index in [9.17, 15) is 0 Å². The van der Waals surface area contributed by atoms with Crippen LogP contribution in [0, 0.1) is 29.6 Å². The molecule has 0 aliphatic rings. The van der Waals surface area contributed by atoms with E-state index in [2.05, 4.69) is 64.1 Å². The van der Waals surface area contributed by atoms with Crippen LogP contribution < -0.4 is 0 Å². The van der Waals surface area contributed by atoms with Crippen molar-refractivity contribution in [1.82, 2.24) is 0 Å². The molecular formula is C19H39I. The molecule has 20 heavy (non-hydrogen) atoms. The van der Waals surface area contributed by atoms with Crippen molar-refractivity contribution >= 4 is 22.6 Å². The third-order valence-electron chi connectivity index (χ3n) is 5.16. The largest absolute Gasteiger partial charge is 0.0864 e. The monoisotopic (exact) mass is 394 g/mol. The van der Waals surface area contributed by atoms with Crippen LogP contribution in [0.1, 0.15) is 86.5 Å². The van der Waals surface area contributed by atoms with Gasteiger partial charge in [-0.25, -0.2) is 0 Å². The normalized spacial score (nSPS) is 18.0. The lowest BCUT2D eigenvalue weighted by Gasteiger charge is -2.26. The van der Waals surface area contributed by atoms with Crippen LogP contribution in [-0.4, -0.2) is 4.43 Å². The number of alkyl halides is 1. The Morgan fingerprint density at radius 3 is 1.90 bits per heavy atom. The molecule has 0 saturated heterocycles. The predicted octanol–water partition coefficient (Wildman–Crippen LogP) is 7.35. The van der Waals surface area contributed by atoms with Crippen molar-refractivity contribution in [2.75, 3.05) is 4.43 Å². The van der Waals surface area contributed by atoms with Gasteiger partial charge < -0.3 is 0 Å². The predicted molar refractivity (Wildman–Crippen MR) is 103 cm³/mol. The lowest BCUT2D eigenvalue weighted by molar-refractivity contribution is 0.258. The fourth-order valence-corrected chi connectivity index (χ4v) is 3.78. The SMILES string of the molecule is CCC(C)CCC(CCI)CC(C)C(C)CCC(C)C. The highest BCUT2D eigenvalue weighted by molar-refractivity contribution is 14.1. The molecule has 4 atom stereocenters. The van der Waals surface area contributed by atoms with E-state index >= 15 is 0 Å². The van der Waals surface area contributed by atoms with E-state index in [1.807, 2.05) is 0 Å². The van der Waals surface area contributed by atoms with Crippen molar-refractivity contribution in [2.24, 2.45) is 29.6 Å². The van der Waals surface area contributed by atoms with Crippen LogP contribution in [0.2, 0.25) is 0 Å². The van der Waals surface area contributed by atoms with E-state index < -0.39 is 0 Å². The van der Waals surface area contributed by atoms with Gasteiger partial charge >= 0.3 is 0 Å². The minimum Gasteiger partial charge on any atom is -0.0864 e. The molecule has 0 heterocycles. The van der Waals surface area contributed by atoms with Gasteiger partial charge in [-0.2, -0.15) is 0 Å². The number of hydrogen-bond donors (Lipinski definition) is 0. The molecule has 122 valence electrons. The zero-order valence-corrected chi connectivity index (χ0v) is 17.1. The van der Waals surface area contributed by atoms with Crippen molar-refractivity contribution in [3.63, 3.8) is 0 Å². The highest BCUT2D eigenvalue weighted by Gasteiger charge is 2.18. The molecule has 0 saturated carbocycles. The van der Waals surface area contributed by atoms with Crippen molar-refractivity contribution in [1.29, 1.82) is 0 Å². The molecule has 0 nitrogen and oxygen atoms in total. The molecular weight excluding hydrogens is 355 g/mol. The summed E-state index contributed by atoms with van der Waals surface area (Å²) in [5.74, 6) is 4.55. The molecule has 0 aromatic heterocycles. The Labute approximate surface area is 143 Å². The Morgan fingerprint density at radius 2 is 1.40 bits per heavy atom. The molecule has 0 radical (unpaired) electrons. The standard InChI is InChI=1S/C19H39I/c1-7-16(4)9-11-19(12-13-20)14-18(6)17(5)10-8-15(2)3/h15-19H,7-14H2,1-6H3. The minimum atomic E-state index is 0.861. The third-order valence-corrected chi connectivity index (χ3v) is 5.78. The zero-order valence-electron chi connectivity index (χ0n) is 14.9. The molecule has 0 N–H and O–H groups in total. The fourth-order valence-electron chi connectivity index (χ4n) is 2.90. The van der Waals surface area contributed by atoms with Gasteiger partial charge in [0.1, 0.15) is 0 Å². The lowest BCUT2D eigenvalue weighted by atomic mass is 9.80. The molecule has 0 aliphatic carbocycles. The molecule has 0 fully saturated rings. The lowest BCUT2D eigenvalue weighted by Crippen LogP contribution is -2.15. The van der Waals surface area contributed by atoms with Gasteiger partial charge in [-0.05, 0) is 46.9 Å². The first-order valence-corrected chi connectivity index (χ1v) is 10.5. The molecule has 0 rings (SSSR count). The minimum absolute atomic E-state index is 0.861. The fraction of sp³-hybridized carbons (Fsp3) is 1.00. The highest BCUT2D eigenvalue weighted by Crippen LogP contribution is 2.30. The maximum absolute atomic E-state index is 2.56. The maximum atomic E-state index is 2.56. The first-order valence-electron chi connectivity index (χ1n) is 8.96. The summed E-state index contributed by atoms with van der Waals surface area (Å²) < 4.78 is 1.33. The van der Waals surface area contributed by atoms with E-state index in [4.69, 9.17) is 0 Å². The molecule has 0 aromatic rings. The Bertz CT molecular complexity index is 212. The Balaban J connectivity index is 4.13. The quantitative estimate of drug-likeness (QED) is 0.240. The molecule has 0 aliphatic heterocycles. The van der Waals surface area contributed by atoms with Crippen LogP contribution >= 0.6 is 22.6 Å². The van der Waals surface area contributed by atoms with Gasteiger partial charge in [-0.15, -0.1) is 0 Å². The van der Waals surface area contributed by atoms with Gasteiger partial charge in [0.15, 0.2) is 0 Å². The second-order valence-corrected chi connectivity index (χ2v) is 8.67. The van der Waals surface area contributed by atoms with Gasteiger partial charge in [-0.1, -0.05) is 96.2 Å². The van der Waals surface area contributed by atoms with Gasteiger partial charge in [0.05, 0.1) is 0 Å². The van der Waals surface area contributed by atoms with Crippen molar-refractivity contribution < 1.29 is 0 Å². The first kappa shape index (κ1) is 20.7. The summed E-state index contributed by atoms with van der Waals surface area (Å²) in [6.07, 6.45) is 9.94. The number of hydrogen-bond acceptors (Lipinski definition) is 0. The zero-order chi connectivity index (χ0) is 15.5. The van der Waals surface area contributed by atoms with Crippen molar-refractivity contribution in [3.8, 4) is 0 Å². The van der Waals surface area contributed by atoms with Crippen molar-refractivity contribution in [2.45, 2.75) is 86.5 Å². The summed E-state index contributed by atoms with van der Waals surface area (Å²) in [5.41, 5.74) is 0. The molecule has 0 amide bonds. The average molecular weight is 394 g/mol. The molecule has 0 aromatic carbocycles. The summed E-state index contributed by atoms with van der Waals surface area (Å²) in [4.78, 5) is 0. The van der Waals surface area contributed by atoms with Crippen LogP contribution in [0.25, 0.3) is 0 Å². The van der Waals surface area contributed by atoms with E-state index in [1.165, 1.54) is 49.4 Å². The van der Waals surface area contributed by atoms with Gasteiger partial charge in [0.25, 0.3) is 0 Å². The van der Waals surface area contributed by atoms with Gasteiger partial charge in [0.2, 0.25) is 0 Å². The Morgan fingerprint density at radius 1 is 0.750 bits per heavy atom. The van der Waals surface area contributed by atoms with E-state index in [-0.39, 0.29) is 0 Å². The van der Waals surface area contributed by atoms with Gasteiger partial charge in [0, 0.05) is 0 Å². The summed E-state index contributed by atoms with van der Waals surface area (Å²) in [5, 5.41) is 0. The van der Waals surface area contributed by atoms with E-state index in [0.717, 1.165) is 29.6 Å². The summed E-state index contributed by atoms with van der Waals surface area (Å²) in [7, 11) is 0. The maximum Gasteiger partial charge on any atom is -0.000209 e. The summed E-state index contributed by atoms with van der Waals surface area (Å²) in [6, 6.07) is 0. The average Bonchev–Trinajstić information content (AvgIpc) is 2.41. The molecule has 0 spiro atoms. The van der Waals surface area contributed by atoms with Gasteiger partial charge in [-0.3, -0.25) is 0 Å². The van der Waals surface area contributed by atoms with Crippen LogP contribution in [0.5, 0.6) is 0 Å². The van der Waals surface area contributed by atoms with Crippen LogP contribution in [0.15, 0.2) is 0 Å². The second kappa shape index (κ2) is 12.3. The van der Waals surface area contributed by atoms with Crippen LogP contribution in [0.3, 0.4) is 0 Å². The van der Waals surface area contributed by atoms with Crippen LogP contribution in [-0.2, 0) is 0 Å². The number of halogens is 1.